The van der Waals surface area contributed by atoms with E-state index in [2.05, 4.69) is 23.5 Å². The Balaban J connectivity index is 1.77. The number of amides is 1. The highest BCUT2D eigenvalue weighted by molar-refractivity contribution is 5.69. The lowest BCUT2D eigenvalue weighted by Gasteiger charge is -2.34. The number of nitrogens with one attached hydrogen (secondary N) is 1. The molecule has 3 rings (SSSR count). The number of rotatable bonds is 1. The van der Waals surface area contributed by atoms with Gasteiger partial charge in [-0.05, 0) is 25.0 Å². The molecule has 1 saturated heterocycles. The summed E-state index contributed by atoms with van der Waals surface area (Å²) in [6.07, 6.45) is 0.804. The Kier molecular flexibility index (Phi) is 2.86. The summed E-state index contributed by atoms with van der Waals surface area (Å²) in [5.41, 5.74) is 2.55. The first-order valence-corrected chi connectivity index (χ1v) is 6.56. The van der Waals surface area contributed by atoms with Crippen LogP contribution in [0.4, 0.5) is 10.5 Å². The van der Waals surface area contributed by atoms with Crippen molar-refractivity contribution in [1.29, 1.82) is 0 Å². The SMILES string of the molecule is CCOC(=O)N1CC[C@H]2Nc3ccccc3[C@@H]2C1. The number of ether oxygens (including phenoxy) is 1. The van der Waals surface area contributed by atoms with Crippen molar-refractivity contribution in [3.8, 4) is 0 Å². The van der Waals surface area contributed by atoms with Crippen LogP contribution in [0.5, 0.6) is 0 Å². The van der Waals surface area contributed by atoms with E-state index in [0.29, 0.717) is 18.6 Å². The summed E-state index contributed by atoms with van der Waals surface area (Å²) < 4.78 is 5.08. The third kappa shape index (κ3) is 1.82. The van der Waals surface area contributed by atoms with E-state index in [1.165, 1.54) is 11.3 Å². The van der Waals surface area contributed by atoms with Crippen LogP contribution in [0.1, 0.15) is 24.8 Å². The summed E-state index contributed by atoms with van der Waals surface area (Å²) in [4.78, 5) is 13.6. The van der Waals surface area contributed by atoms with Crippen LogP contribution in [0.15, 0.2) is 24.3 Å². The maximum Gasteiger partial charge on any atom is 0.409 e. The first-order valence-electron chi connectivity index (χ1n) is 6.56. The molecule has 0 unspecified atom stereocenters. The average molecular weight is 246 g/mol. The first-order chi connectivity index (χ1) is 8.79. The van der Waals surface area contributed by atoms with E-state index < -0.39 is 0 Å². The molecule has 1 aromatic rings. The predicted octanol–water partition coefficient (Wildman–Crippen LogP) is 2.43. The molecular formula is C14H18N2O2. The molecule has 96 valence electrons. The summed E-state index contributed by atoms with van der Waals surface area (Å²) in [6, 6.07) is 8.84. The molecule has 1 fully saturated rings. The lowest BCUT2D eigenvalue weighted by atomic mass is 9.89. The molecule has 0 bridgehead atoms. The van der Waals surface area contributed by atoms with Gasteiger partial charge in [0, 0.05) is 30.7 Å². The van der Waals surface area contributed by atoms with Crippen LogP contribution in [0.2, 0.25) is 0 Å². The van der Waals surface area contributed by atoms with Crippen molar-refractivity contribution in [1.82, 2.24) is 4.90 Å². The molecular weight excluding hydrogens is 228 g/mol. The molecule has 2 heterocycles. The highest BCUT2D eigenvalue weighted by atomic mass is 16.6. The summed E-state index contributed by atoms with van der Waals surface area (Å²) >= 11 is 0. The Hall–Kier alpha value is -1.71. The Bertz CT molecular complexity index is 461. The molecule has 4 heteroatoms. The van der Waals surface area contributed by atoms with Gasteiger partial charge in [-0.2, -0.15) is 0 Å². The fraction of sp³-hybridized carbons (Fsp3) is 0.500. The molecule has 1 aromatic carbocycles. The van der Waals surface area contributed by atoms with Crippen molar-refractivity contribution in [2.24, 2.45) is 0 Å². The maximum absolute atomic E-state index is 11.8. The van der Waals surface area contributed by atoms with Gasteiger partial charge < -0.3 is 15.0 Å². The monoisotopic (exact) mass is 246 g/mol. The average Bonchev–Trinajstić information content (AvgIpc) is 2.76. The fourth-order valence-electron chi connectivity index (χ4n) is 2.97. The van der Waals surface area contributed by atoms with Crippen molar-refractivity contribution in [3.05, 3.63) is 29.8 Å². The van der Waals surface area contributed by atoms with Gasteiger partial charge in [0.2, 0.25) is 0 Å². The summed E-state index contributed by atoms with van der Waals surface area (Å²) in [5, 5.41) is 3.55. The largest absolute Gasteiger partial charge is 0.450 e. The highest BCUT2D eigenvalue weighted by Gasteiger charge is 2.38. The quantitative estimate of drug-likeness (QED) is 0.827. The van der Waals surface area contributed by atoms with E-state index in [1.54, 1.807) is 0 Å². The molecule has 1 N–H and O–H groups in total. The van der Waals surface area contributed by atoms with Gasteiger partial charge in [0.05, 0.1) is 6.61 Å². The van der Waals surface area contributed by atoms with E-state index in [9.17, 15) is 4.79 Å². The van der Waals surface area contributed by atoms with E-state index in [4.69, 9.17) is 4.74 Å². The van der Waals surface area contributed by atoms with Gasteiger partial charge in [0.25, 0.3) is 0 Å². The van der Waals surface area contributed by atoms with Crippen LogP contribution in [-0.2, 0) is 4.74 Å². The van der Waals surface area contributed by atoms with Crippen molar-refractivity contribution in [3.63, 3.8) is 0 Å². The predicted molar refractivity (Wildman–Crippen MR) is 69.8 cm³/mol. The minimum absolute atomic E-state index is 0.180. The van der Waals surface area contributed by atoms with Crippen LogP contribution in [-0.4, -0.2) is 36.7 Å². The molecule has 0 spiro atoms. The van der Waals surface area contributed by atoms with Crippen molar-refractivity contribution < 1.29 is 9.53 Å². The molecule has 2 aliphatic heterocycles. The van der Waals surface area contributed by atoms with Gasteiger partial charge >= 0.3 is 6.09 Å². The molecule has 4 nitrogen and oxygen atoms in total. The van der Waals surface area contributed by atoms with Gasteiger partial charge in [0.15, 0.2) is 0 Å². The number of benzene rings is 1. The Morgan fingerprint density at radius 3 is 3.17 bits per heavy atom. The fourth-order valence-corrected chi connectivity index (χ4v) is 2.97. The highest BCUT2D eigenvalue weighted by Crippen LogP contribution is 2.39. The number of hydrogen-bond donors (Lipinski definition) is 1. The maximum atomic E-state index is 11.8. The van der Waals surface area contributed by atoms with E-state index in [1.807, 2.05) is 17.9 Å². The van der Waals surface area contributed by atoms with Crippen LogP contribution in [0.3, 0.4) is 0 Å². The smallest absolute Gasteiger partial charge is 0.409 e. The number of piperidine rings is 1. The zero-order valence-corrected chi connectivity index (χ0v) is 10.6. The molecule has 1 amide bonds. The topological polar surface area (TPSA) is 41.6 Å². The third-order valence-electron chi connectivity index (χ3n) is 3.84. The second kappa shape index (κ2) is 4.52. The van der Waals surface area contributed by atoms with Crippen molar-refractivity contribution in [2.75, 3.05) is 25.0 Å². The molecule has 0 saturated carbocycles. The molecule has 0 aromatic heterocycles. The van der Waals surface area contributed by atoms with Crippen LogP contribution in [0, 0.1) is 0 Å². The second-order valence-electron chi connectivity index (χ2n) is 4.88. The standard InChI is InChI=1S/C14H18N2O2/c1-2-18-14(17)16-8-7-13-11(9-16)10-5-3-4-6-12(10)15-13/h3-6,11,13,15H,2,7-9H2,1H3/t11-,13+/m0/s1. The van der Waals surface area contributed by atoms with Crippen molar-refractivity contribution in [2.45, 2.75) is 25.3 Å². The van der Waals surface area contributed by atoms with Gasteiger partial charge in [-0.3, -0.25) is 0 Å². The zero-order valence-electron chi connectivity index (χ0n) is 10.6. The zero-order chi connectivity index (χ0) is 12.5. The Labute approximate surface area is 107 Å². The number of fused-ring (bicyclic) bond motifs is 3. The van der Waals surface area contributed by atoms with Gasteiger partial charge in [-0.25, -0.2) is 4.79 Å². The van der Waals surface area contributed by atoms with E-state index in [-0.39, 0.29) is 6.09 Å². The Morgan fingerprint density at radius 1 is 1.50 bits per heavy atom. The number of anilines is 1. The number of carbonyl (C=O) groups is 1. The van der Waals surface area contributed by atoms with Crippen molar-refractivity contribution >= 4 is 11.8 Å². The number of hydrogen-bond acceptors (Lipinski definition) is 3. The molecule has 2 aliphatic rings. The van der Waals surface area contributed by atoms with Crippen LogP contribution >= 0.6 is 0 Å². The lowest BCUT2D eigenvalue weighted by Crippen LogP contribution is -2.45. The van der Waals surface area contributed by atoms with Gasteiger partial charge in [-0.15, -0.1) is 0 Å². The number of nitrogens with zero attached hydrogens (tertiary/aromatic N) is 1. The number of para-hydroxylation sites is 1. The second-order valence-corrected chi connectivity index (χ2v) is 4.88. The molecule has 0 radical (unpaired) electrons. The lowest BCUT2D eigenvalue weighted by molar-refractivity contribution is 0.0949. The number of carbonyl (C=O) groups excluding carboxylic acids is 1. The summed E-state index contributed by atoms with van der Waals surface area (Å²) in [7, 11) is 0. The van der Waals surface area contributed by atoms with E-state index in [0.717, 1.165) is 19.5 Å². The van der Waals surface area contributed by atoms with Gasteiger partial charge in [0.1, 0.15) is 0 Å². The van der Waals surface area contributed by atoms with E-state index >= 15 is 0 Å². The summed E-state index contributed by atoms with van der Waals surface area (Å²) in [6.45, 7) is 3.82. The minimum Gasteiger partial charge on any atom is -0.450 e. The van der Waals surface area contributed by atoms with Crippen LogP contribution in [0.25, 0.3) is 0 Å². The first kappa shape index (κ1) is 11.4. The molecule has 18 heavy (non-hydrogen) atoms. The van der Waals surface area contributed by atoms with Gasteiger partial charge in [-0.1, -0.05) is 18.2 Å². The van der Waals surface area contributed by atoms with Crippen LogP contribution < -0.4 is 5.32 Å². The Morgan fingerprint density at radius 2 is 2.33 bits per heavy atom. The molecule has 2 atom stereocenters. The minimum atomic E-state index is -0.180. The third-order valence-corrected chi connectivity index (χ3v) is 3.84. The number of likely N-dealkylation sites (tertiary alicyclic amines) is 1. The summed E-state index contributed by atoms with van der Waals surface area (Å²) in [5.74, 6) is 0.402. The molecule has 0 aliphatic carbocycles. The normalized spacial score (nSPS) is 25.1.